The first-order valence-electron chi connectivity index (χ1n) is 9.69. The third kappa shape index (κ3) is 4.29. The average molecular weight is 414 g/mol. The second-order valence-corrected chi connectivity index (χ2v) is 7.87. The number of ether oxygens (including phenoxy) is 4. The van der Waals surface area contributed by atoms with Crippen LogP contribution in [-0.4, -0.2) is 30.6 Å². The van der Waals surface area contributed by atoms with E-state index in [1.807, 2.05) is 30.5 Å². The first-order valence-corrected chi connectivity index (χ1v) is 10.6. The molecule has 0 bridgehead atoms. The van der Waals surface area contributed by atoms with Crippen LogP contribution in [0.4, 0.5) is 0 Å². The minimum atomic E-state index is -0.322. The van der Waals surface area contributed by atoms with E-state index in [1.165, 1.54) is 17.6 Å². The Kier molecular flexibility index (Phi) is 5.85. The first kappa shape index (κ1) is 19.5. The van der Waals surface area contributed by atoms with Gasteiger partial charge in [0.05, 0.1) is 12.5 Å². The van der Waals surface area contributed by atoms with E-state index in [1.54, 1.807) is 18.2 Å². The zero-order chi connectivity index (χ0) is 20.2. The third-order valence-electron chi connectivity index (χ3n) is 5.04. The fourth-order valence-electron chi connectivity index (χ4n) is 3.65. The number of benzene rings is 1. The van der Waals surface area contributed by atoms with E-state index in [-0.39, 0.29) is 35.6 Å². The van der Waals surface area contributed by atoms with Crippen LogP contribution in [0.25, 0.3) is 0 Å². The van der Waals surface area contributed by atoms with Gasteiger partial charge in [0.15, 0.2) is 11.5 Å². The Morgan fingerprint density at radius 2 is 2.00 bits per heavy atom. The Labute approximate surface area is 173 Å². The number of thiophene rings is 1. The summed E-state index contributed by atoms with van der Waals surface area (Å²) in [4.78, 5) is 25.7. The summed E-state index contributed by atoms with van der Waals surface area (Å²) in [6.07, 6.45) is 2.50. The van der Waals surface area contributed by atoms with Gasteiger partial charge in [-0.3, -0.25) is 4.79 Å². The zero-order valence-corrected chi connectivity index (χ0v) is 16.9. The maximum atomic E-state index is 12.9. The predicted octanol–water partition coefficient (Wildman–Crippen LogP) is 4.36. The highest BCUT2D eigenvalue weighted by molar-refractivity contribution is 7.11. The Hall–Kier alpha value is -2.80. The summed E-state index contributed by atoms with van der Waals surface area (Å²) < 4.78 is 22.8. The van der Waals surface area contributed by atoms with Crippen LogP contribution >= 0.6 is 11.3 Å². The van der Waals surface area contributed by atoms with E-state index < -0.39 is 0 Å². The highest BCUT2D eigenvalue weighted by Gasteiger charge is 2.42. The molecule has 3 unspecified atom stereocenters. The van der Waals surface area contributed by atoms with E-state index >= 15 is 0 Å². The van der Waals surface area contributed by atoms with Gasteiger partial charge < -0.3 is 18.9 Å². The van der Waals surface area contributed by atoms with Crippen LogP contribution < -0.4 is 9.47 Å². The molecule has 1 aromatic carbocycles. The number of carbonyl (C=O) groups is 2. The molecule has 1 aromatic heterocycles. The van der Waals surface area contributed by atoms with Crippen molar-refractivity contribution in [3.05, 3.63) is 58.7 Å². The Balaban J connectivity index is 1.40. The lowest BCUT2D eigenvalue weighted by atomic mass is 9.80. The highest BCUT2D eigenvalue weighted by atomic mass is 32.1. The molecule has 1 saturated carbocycles. The molecule has 1 aliphatic carbocycles. The number of fused-ring (bicyclic) bond motifs is 1. The van der Waals surface area contributed by atoms with Crippen molar-refractivity contribution in [3.63, 3.8) is 0 Å². The van der Waals surface area contributed by atoms with Gasteiger partial charge in [0.25, 0.3) is 0 Å². The van der Waals surface area contributed by atoms with E-state index in [4.69, 9.17) is 18.9 Å². The number of hydrogen-bond acceptors (Lipinski definition) is 7. The molecule has 0 N–H and O–H groups in total. The number of para-hydroxylation sites is 2. The zero-order valence-electron chi connectivity index (χ0n) is 16.0. The van der Waals surface area contributed by atoms with Crippen molar-refractivity contribution in [2.45, 2.75) is 38.4 Å². The van der Waals surface area contributed by atoms with Crippen molar-refractivity contribution in [1.82, 2.24) is 0 Å². The fraction of sp³-hybridized carbons (Fsp3) is 0.364. The summed E-state index contributed by atoms with van der Waals surface area (Å²) in [5, 5.41) is 1.84. The summed E-state index contributed by atoms with van der Waals surface area (Å²) in [5.74, 6) is 0.524. The maximum Gasteiger partial charge on any atom is 0.348 e. The normalized spacial score (nSPS) is 23.4. The van der Waals surface area contributed by atoms with Gasteiger partial charge in [-0.05, 0) is 43.3 Å². The van der Waals surface area contributed by atoms with Crippen LogP contribution in [0.2, 0.25) is 0 Å². The summed E-state index contributed by atoms with van der Waals surface area (Å²) in [5.41, 5.74) is 0. The van der Waals surface area contributed by atoms with E-state index in [2.05, 4.69) is 0 Å². The average Bonchev–Trinajstić information content (AvgIpc) is 3.27. The minimum absolute atomic E-state index is 0.0874. The van der Waals surface area contributed by atoms with Crippen molar-refractivity contribution in [2.24, 2.45) is 5.92 Å². The Bertz CT molecular complexity index is 904. The van der Waals surface area contributed by atoms with Crippen LogP contribution in [0.5, 0.6) is 11.5 Å². The second-order valence-electron chi connectivity index (χ2n) is 6.93. The van der Waals surface area contributed by atoms with Gasteiger partial charge in [-0.2, -0.15) is 0 Å². The van der Waals surface area contributed by atoms with Crippen LogP contribution in [0.15, 0.2) is 53.8 Å². The lowest BCUT2D eigenvalue weighted by molar-refractivity contribution is -0.132. The Morgan fingerprint density at radius 3 is 2.76 bits per heavy atom. The van der Waals surface area contributed by atoms with Crippen molar-refractivity contribution < 1.29 is 28.5 Å². The van der Waals surface area contributed by atoms with Gasteiger partial charge in [0.2, 0.25) is 11.5 Å². The maximum absolute atomic E-state index is 12.9. The fourth-order valence-corrected chi connectivity index (χ4v) is 4.25. The number of esters is 1. The smallest absolute Gasteiger partial charge is 0.348 e. The molecule has 7 heteroatoms. The lowest BCUT2D eigenvalue weighted by Gasteiger charge is -2.36. The van der Waals surface area contributed by atoms with Crippen LogP contribution in [-0.2, 0) is 14.3 Å². The third-order valence-corrected chi connectivity index (χ3v) is 5.89. The number of hydrogen-bond donors (Lipinski definition) is 0. The second kappa shape index (κ2) is 8.69. The number of carbonyl (C=O) groups excluding carboxylic acids is 2. The molecule has 0 saturated heterocycles. The molecule has 29 heavy (non-hydrogen) atoms. The molecule has 4 rings (SSSR count). The molecular weight excluding hydrogens is 392 g/mol. The molecule has 152 valence electrons. The van der Waals surface area contributed by atoms with Gasteiger partial charge >= 0.3 is 5.97 Å². The number of rotatable bonds is 6. The van der Waals surface area contributed by atoms with Gasteiger partial charge in [0.1, 0.15) is 23.3 Å². The van der Waals surface area contributed by atoms with Crippen LogP contribution in [0.1, 0.15) is 35.9 Å². The lowest BCUT2D eigenvalue weighted by Crippen LogP contribution is -2.43. The number of ketones is 1. The largest absolute Gasteiger partial charge is 0.493 e. The van der Waals surface area contributed by atoms with E-state index in [9.17, 15) is 9.59 Å². The molecular formula is C22H22O6S. The Morgan fingerprint density at radius 1 is 1.17 bits per heavy atom. The summed E-state index contributed by atoms with van der Waals surface area (Å²) >= 11 is 1.35. The summed E-state index contributed by atoms with van der Waals surface area (Å²) in [6, 6.07) is 10.8. The van der Waals surface area contributed by atoms with Gasteiger partial charge in [-0.15, -0.1) is 11.3 Å². The van der Waals surface area contributed by atoms with E-state index in [0.717, 1.165) is 0 Å². The van der Waals surface area contributed by atoms with Crippen molar-refractivity contribution in [1.29, 1.82) is 0 Å². The van der Waals surface area contributed by atoms with Crippen LogP contribution in [0, 0.1) is 5.92 Å². The first-order chi connectivity index (χ1) is 14.2. The standard InChI is InChI=1S/C22H22O6S/c1-2-25-16-6-3-4-7-17(16)28-19-13-26-18-12-14(9-10-15(18)21(19)23)27-22(24)20-8-5-11-29-20/h3-8,11,13-15,18H,2,9-10,12H2,1H3. The molecule has 6 nitrogen and oxygen atoms in total. The molecule has 3 atom stereocenters. The SMILES string of the molecule is CCOc1ccccc1OC1=COC2CC(OC(=O)c3cccs3)CCC2C1=O. The molecule has 0 radical (unpaired) electrons. The van der Waals surface area contributed by atoms with Crippen LogP contribution in [0.3, 0.4) is 0 Å². The van der Waals surface area contributed by atoms with E-state index in [0.29, 0.717) is 42.2 Å². The number of Topliss-reactive ketones (excluding diaryl/α,β-unsaturated/α-hetero) is 1. The van der Waals surface area contributed by atoms with Gasteiger partial charge in [-0.25, -0.2) is 4.79 Å². The molecule has 2 aliphatic rings. The predicted molar refractivity (Wildman–Crippen MR) is 107 cm³/mol. The summed E-state index contributed by atoms with van der Waals surface area (Å²) in [7, 11) is 0. The molecule has 0 amide bonds. The quantitative estimate of drug-likeness (QED) is 0.654. The molecule has 2 aromatic rings. The molecule has 0 spiro atoms. The molecule has 1 fully saturated rings. The van der Waals surface area contributed by atoms with Crippen molar-refractivity contribution in [2.75, 3.05) is 6.61 Å². The van der Waals surface area contributed by atoms with Crippen molar-refractivity contribution in [3.8, 4) is 11.5 Å². The minimum Gasteiger partial charge on any atom is -0.493 e. The topological polar surface area (TPSA) is 71.1 Å². The summed E-state index contributed by atoms with van der Waals surface area (Å²) in [6.45, 7) is 2.39. The number of allylic oxidation sites excluding steroid dienone is 1. The highest BCUT2D eigenvalue weighted by Crippen LogP contribution is 2.37. The monoisotopic (exact) mass is 414 g/mol. The van der Waals surface area contributed by atoms with Gasteiger partial charge in [0, 0.05) is 6.42 Å². The molecule has 1 aliphatic heterocycles. The molecule has 2 heterocycles. The van der Waals surface area contributed by atoms with Gasteiger partial charge in [-0.1, -0.05) is 18.2 Å². The van der Waals surface area contributed by atoms with Crippen molar-refractivity contribution >= 4 is 23.1 Å².